The minimum Gasteiger partial charge on any atom is -0.383 e. The van der Waals surface area contributed by atoms with Crippen molar-refractivity contribution >= 4 is 0 Å². The van der Waals surface area contributed by atoms with E-state index in [1.54, 1.807) is 0 Å². The second-order valence-electron chi connectivity index (χ2n) is 6.66. The van der Waals surface area contributed by atoms with E-state index in [4.69, 9.17) is 4.74 Å². The molecule has 0 aromatic carbocycles. The summed E-state index contributed by atoms with van der Waals surface area (Å²) in [5.41, 5.74) is 0. The molecule has 1 N–H and O–H groups in total. The van der Waals surface area contributed by atoms with Crippen LogP contribution in [-0.2, 0) is 4.74 Å². The summed E-state index contributed by atoms with van der Waals surface area (Å²) in [6.07, 6.45) is 2.47. The van der Waals surface area contributed by atoms with E-state index in [1.807, 2.05) is 7.11 Å². The summed E-state index contributed by atoms with van der Waals surface area (Å²) >= 11 is 0. The Balaban J connectivity index is 2.79. The van der Waals surface area contributed by atoms with Crippen molar-refractivity contribution in [1.29, 1.82) is 0 Å². The molecule has 0 aromatic heterocycles. The normalized spacial score (nSPS) is 27.2. The topological polar surface area (TPSA) is 24.5 Å². The maximum atomic E-state index is 5.47. The van der Waals surface area contributed by atoms with E-state index in [1.165, 1.54) is 12.8 Å². The van der Waals surface area contributed by atoms with E-state index in [9.17, 15) is 0 Å². The molecule has 1 rings (SSSR count). The molecule has 114 valence electrons. The third-order valence-corrected chi connectivity index (χ3v) is 4.45. The predicted molar refractivity (Wildman–Crippen MR) is 82.5 cm³/mol. The lowest BCUT2D eigenvalue weighted by atomic mass is 9.92. The fourth-order valence-corrected chi connectivity index (χ4v) is 3.17. The lowest BCUT2D eigenvalue weighted by molar-refractivity contribution is 0.00665. The largest absolute Gasteiger partial charge is 0.383 e. The molecule has 1 aliphatic rings. The number of methoxy groups -OCH3 is 1. The molecule has 0 saturated carbocycles. The quantitative estimate of drug-likeness (QED) is 0.770. The Morgan fingerprint density at radius 1 is 1.21 bits per heavy atom. The van der Waals surface area contributed by atoms with Gasteiger partial charge in [-0.15, -0.1) is 0 Å². The van der Waals surface area contributed by atoms with Crippen LogP contribution in [0, 0.1) is 11.8 Å². The molecule has 0 aromatic rings. The third-order valence-electron chi connectivity index (χ3n) is 4.45. The van der Waals surface area contributed by atoms with Gasteiger partial charge < -0.3 is 10.1 Å². The summed E-state index contributed by atoms with van der Waals surface area (Å²) in [7, 11) is 1.83. The van der Waals surface area contributed by atoms with Gasteiger partial charge in [-0.2, -0.15) is 0 Å². The average Bonchev–Trinajstić information content (AvgIpc) is 2.37. The van der Waals surface area contributed by atoms with Crippen LogP contribution in [0.5, 0.6) is 0 Å². The molecule has 3 unspecified atom stereocenters. The zero-order valence-electron chi connectivity index (χ0n) is 13.8. The summed E-state index contributed by atoms with van der Waals surface area (Å²) in [5.74, 6) is 1.39. The first-order chi connectivity index (χ1) is 9.01. The van der Waals surface area contributed by atoms with Crippen LogP contribution in [0.15, 0.2) is 0 Å². The van der Waals surface area contributed by atoms with E-state index in [-0.39, 0.29) is 0 Å². The Bertz CT molecular complexity index is 237. The summed E-state index contributed by atoms with van der Waals surface area (Å²) < 4.78 is 5.47. The first-order valence-electron chi connectivity index (χ1n) is 7.99. The highest BCUT2D eigenvalue weighted by molar-refractivity contribution is 4.92. The first-order valence-corrected chi connectivity index (χ1v) is 7.99. The maximum Gasteiger partial charge on any atom is 0.0618 e. The molecule has 0 bridgehead atoms. The Hall–Kier alpha value is -0.120. The van der Waals surface area contributed by atoms with Gasteiger partial charge in [0.2, 0.25) is 0 Å². The van der Waals surface area contributed by atoms with E-state index in [0.29, 0.717) is 30.0 Å². The van der Waals surface area contributed by atoms with Crippen LogP contribution in [0.1, 0.15) is 47.5 Å². The van der Waals surface area contributed by atoms with E-state index < -0.39 is 0 Å². The van der Waals surface area contributed by atoms with Gasteiger partial charge in [0, 0.05) is 38.3 Å². The Morgan fingerprint density at radius 3 is 2.37 bits per heavy atom. The van der Waals surface area contributed by atoms with Crippen molar-refractivity contribution in [3.05, 3.63) is 0 Å². The molecule has 3 heteroatoms. The molecule has 1 fully saturated rings. The van der Waals surface area contributed by atoms with Crippen molar-refractivity contribution in [3.8, 4) is 0 Å². The fraction of sp³-hybridized carbons (Fsp3) is 1.00. The van der Waals surface area contributed by atoms with E-state index in [2.05, 4.69) is 44.8 Å². The maximum absolute atomic E-state index is 5.47. The molecule has 1 aliphatic heterocycles. The summed E-state index contributed by atoms with van der Waals surface area (Å²) in [5, 5.41) is 3.74. The van der Waals surface area contributed by atoms with E-state index >= 15 is 0 Å². The van der Waals surface area contributed by atoms with Crippen LogP contribution < -0.4 is 5.32 Å². The van der Waals surface area contributed by atoms with Crippen LogP contribution >= 0.6 is 0 Å². The summed E-state index contributed by atoms with van der Waals surface area (Å²) in [6.45, 7) is 14.7. The molecule has 0 aliphatic carbocycles. The number of piperazine rings is 1. The molecule has 0 radical (unpaired) electrons. The number of nitrogens with zero attached hydrogens (tertiary/aromatic N) is 1. The highest BCUT2D eigenvalue weighted by atomic mass is 16.5. The lowest BCUT2D eigenvalue weighted by Gasteiger charge is -2.47. The number of ether oxygens (including phenoxy) is 1. The van der Waals surface area contributed by atoms with Gasteiger partial charge >= 0.3 is 0 Å². The minimum atomic E-state index is 0.575. The zero-order valence-corrected chi connectivity index (χ0v) is 13.8. The Labute approximate surface area is 120 Å². The molecule has 1 heterocycles. The van der Waals surface area contributed by atoms with Crippen molar-refractivity contribution in [2.24, 2.45) is 11.8 Å². The highest BCUT2D eigenvalue weighted by Gasteiger charge is 2.34. The van der Waals surface area contributed by atoms with Crippen LogP contribution in [0.2, 0.25) is 0 Å². The number of rotatable bonds is 7. The van der Waals surface area contributed by atoms with Crippen molar-refractivity contribution in [1.82, 2.24) is 10.2 Å². The monoisotopic (exact) mass is 270 g/mol. The van der Waals surface area contributed by atoms with Crippen LogP contribution in [0.3, 0.4) is 0 Å². The van der Waals surface area contributed by atoms with Gasteiger partial charge in [0.15, 0.2) is 0 Å². The van der Waals surface area contributed by atoms with Gasteiger partial charge in [0.1, 0.15) is 0 Å². The average molecular weight is 270 g/mol. The second-order valence-corrected chi connectivity index (χ2v) is 6.66. The molecular formula is C16H34N2O. The van der Waals surface area contributed by atoms with Crippen molar-refractivity contribution in [3.63, 3.8) is 0 Å². The number of hydrogen-bond donors (Lipinski definition) is 1. The van der Waals surface area contributed by atoms with Crippen LogP contribution in [0.25, 0.3) is 0 Å². The Kier molecular flexibility index (Phi) is 7.33. The SMILES string of the molecule is CCCC(COC)N1CC(C(C)C)NCC1C(C)C. The summed E-state index contributed by atoms with van der Waals surface area (Å²) in [6, 6.07) is 1.83. The molecule has 19 heavy (non-hydrogen) atoms. The first kappa shape index (κ1) is 16.9. The van der Waals surface area contributed by atoms with Crippen molar-refractivity contribution in [2.45, 2.75) is 65.6 Å². The second kappa shape index (κ2) is 8.23. The van der Waals surface area contributed by atoms with E-state index in [0.717, 1.165) is 19.7 Å². The van der Waals surface area contributed by atoms with Gasteiger partial charge in [0.25, 0.3) is 0 Å². The van der Waals surface area contributed by atoms with Crippen molar-refractivity contribution in [2.75, 3.05) is 26.8 Å². The zero-order chi connectivity index (χ0) is 14.4. The molecular weight excluding hydrogens is 236 g/mol. The van der Waals surface area contributed by atoms with Crippen LogP contribution in [0.4, 0.5) is 0 Å². The molecule has 1 saturated heterocycles. The molecule has 0 spiro atoms. The standard InChI is InChI=1S/C16H34N2O/c1-7-8-14(11-19-6)18-10-15(12(2)3)17-9-16(18)13(4)5/h12-17H,7-11H2,1-6H3. The van der Waals surface area contributed by atoms with Gasteiger partial charge in [-0.25, -0.2) is 0 Å². The summed E-state index contributed by atoms with van der Waals surface area (Å²) in [4.78, 5) is 2.72. The Morgan fingerprint density at radius 2 is 1.89 bits per heavy atom. The van der Waals surface area contributed by atoms with Gasteiger partial charge in [-0.3, -0.25) is 4.90 Å². The molecule has 3 nitrogen and oxygen atoms in total. The van der Waals surface area contributed by atoms with Crippen molar-refractivity contribution < 1.29 is 4.74 Å². The smallest absolute Gasteiger partial charge is 0.0618 e. The number of nitrogens with one attached hydrogen (secondary N) is 1. The molecule has 0 amide bonds. The van der Waals surface area contributed by atoms with Crippen LogP contribution in [-0.4, -0.2) is 49.8 Å². The molecule has 3 atom stereocenters. The van der Waals surface area contributed by atoms with Gasteiger partial charge in [-0.1, -0.05) is 41.0 Å². The third kappa shape index (κ3) is 4.73. The minimum absolute atomic E-state index is 0.575. The predicted octanol–water partition coefficient (Wildman–Crippen LogP) is 2.76. The lowest BCUT2D eigenvalue weighted by Crippen LogP contribution is -2.63. The highest BCUT2D eigenvalue weighted by Crippen LogP contribution is 2.23. The fourth-order valence-electron chi connectivity index (χ4n) is 3.17. The number of hydrogen-bond acceptors (Lipinski definition) is 3. The van der Waals surface area contributed by atoms with Gasteiger partial charge in [-0.05, 0) is 18.3 Å². The van der Waals surface area contributed by atoms with Gasteiger partial charge in [0.05, 0.1) is 6.61 Å².